The lowest BCUT2D eigenvalue weighted by Crippen LogP contribution is -2.26. The summed E-state index contributed by atoms with van der Waals surface area (Å²) in [5.41, 5.74) is 0.882. The Kier molecular flexibility index (Phi) is 4.09. The molecule has 104 valence electrons. The zero-order valence-corrected chi connectivity index (χ0v) is 10.9. The molecule has 1 heterocycles. The Morgan fingerprint density at radius 1 is 1.45 bits per heavy atom. The van der Waals surface area contributed by atoms with E-state index in [4.69, 9.17) is 0 Å². The number of aryl methyl sites for hydroxylation is 1. The van der Waals surface area contributed by atoms with Crippen LogP contribution in [0.4, 0.5) is 5.69 Å². The predicted molar refractivity (Wildman–Crippen MR) is 72.5 cm³/mol. The lowest BCUT2D eigenvalue weighted by molar-refractivity contribution is -0.384. The van der Waals surface area contributed by atoms with Gasteiger partial charge in [0.25, 0.3) is 11.6 Å². The molecule has 2 rings (SSSR count). The van der Waals surface area contributed by atoms with Crippen LogP contribution in [-0.2, 0) is 6.42 Å². The number of imidazole rings is 1. The Balaban J connectivity index is 2.00. The average molecular weight is 274 g/mol. The molecular formula is C13H14N4O3. The van der Waals surface area contributed by atoms with E-state index in [1.165, 1.54) is 12.1 Å². The van der Waals surface area contributed by atoms with Crippen molar-refractivity contribution in [1.29, 1.82) is 0 Å². The standard InChI is InChI=1S/C13H14N4O3/c1-9-6-10(8-11(7-9)17(19)20)13(18)16-3-2-12-14-4-5-15-12/h4-8H,2-3H2,1H3,(H,14,15)(H,16,18). The zero-order chi connectivity index (χ0) is 14.5. The quantitative estimate of drug-likeness (QED) is 0.638. The highest BCUT2D eigenvalue weighted by atomic mass is 16.6. The number of hydrogen-bond donors (Lipinski definition) is 2. The van der Waals surface area contributed by atoms with Crippen molar-refractivity contribution in [3.05, 3.63) is 57.7 Å². The fourth-order valence-electron chi connectivity index (χ4n) is 1.83. The van der Waals surface area contributed by atoms with E-state index in [1.54, 1.807) is 25.4 Å². The largest absolute Gasteiger partial charge is 0.352 e. The molecular weight excluding hydrogens is 260 g/mol. The topological polar surface area (TPSA) is 101 Å². The highest BCUT2D eigenvalue weighted by Crippen LogP contribution is 2.16. The van der Waals surface area contributed by atoms with Gasteiger partial charge in [0.1, 0.15) is 5.82 Å². The van der Waals surface area contributed by atoms with Crippen molar-refractivity contribution < 1.29 is 9.72 Å². The summed E-state index contributed by atoms with van der Waals surface area (Å²) in [6.45, 7) is 2.13. The summed E-state index contributed by atoms with van der Waals surface area (Å²) in [6, 6.07) is 4.32. The van der Waals surface area contributed by atoms with Crippen LogP contribution >= 0.6 is 0 Å². The second kappa shape index (κ2) is 5.96. The summed E-state index contributed by atoms with van der Waals surface area (Å²) < 4.78 is 0. The maximum absolute atomic E-state index is 11.9. The van der Waals surface area contributed by atoms with Crippen molar-refractivity contribution in [3.63, 3.8) is 0 Å². The van der Waals surface area contributed by atoms with Crippen molar-refractivity contribution in [3.8, 4) is 0 Å². The number of aromatic amines is 1. The van der Waals surface area contributed by atoms with E-state index in [0.717, 1.165) is 5.82 Å². The number of nitro benzene ring substituents is 1. The van der Waals surface area contributed by atoms with Gasteiger partial charge in [-0.2, -0.15) is 0 Å². The average Bonchev–Trinajstić information content (AvgIpc) is 2.91. The van der Waals surface area contributed by atoms with Crippen molar-refractivity contribution in [2.75, 3.05) is 6.54 Å². The van der Waals surface area contributed by atoms with E-state index in [2.05, 4.69) is 15.3 Å². The molecule has 0 atom stereocenters. The first kappa shape index (κ1) is 13.7. The number of rotatable bonds is 5. The van der Waals surface area contributed by atoms with Crippen molar-refractivity contribution >= 4 is 11.6 Å². The summed E-state index contributed by atoms with van der Waals surface area (Å²) in [7, 11) is 0. The van der Waals surface area contributed by atoms with E-state index < -0.39 is 4.92 Å². The normalized spacial score (nSPS) is 10.2. The van der Waals surface area contributed by atoms with Crippen LogP contribution in [-0.4, -0.2) is 27.3 Å². The lowest BCUT2D eigenvalue weighted by atomic mass is 10.1. The van der Waals surface area contributed by atoms with Gasteiger partial charge in [-0.1, -0.05) is 0 Å². The number of nitrogens with one attached hydrogen (secondary N) is 2. The van der Waals surface area contributed by atoms with Gasteiger partial charge in [-0.05, 0) is 18.6 Å². The van der Waals surface area contributed by atoms with Gasteiger partial charge < -0.3 is 10.3 Å². The molecule has 0 aliphatic carbocycles. The minimum absolute atomic E-state index is 0.0822. The molecule has 20 heavy (non-hydrogen) atoms. The number of H-pyrrole nitrogens is 1. The van der Waals surface area contributed by atoms with Gasteiger partial charge in [0, 0.05) is 43.1 Å². The lowest BCUT2D eigenvalue weighted by Gasteiger charge is -2.05. The van der Waals surface area contributed by atoms with E-state index in [0.29, 0.717) is 18.5 Å². The van der Waals surface area contributed by atoms with Gasteiger partial charge in [0.2, 0.25) is 0 Å². The third-order valence-electron chi connectivity index (χ3n) is 2.74. The van der Waals surface area contributed by atoms with Crippen LogP contribution in [0.2, 0.25) is 0 Å². The number of hydrogen-bond acceptors (Lipinski definition) is 4. The molecule has 0 radical (unpaired) electrons. The molecule has 0 unspecified atom stereocenters. The van der Waals surface area contributed by atoms with Gasteiger partial charge in [-0.3, -0.25) is 14.9 Å². The molecule has 0 aliphatic rings. The fraction of sp³-hybridized carbons (Fsp3) is 0.231. The third kappa shape index (κ3) is 3.41. The maximum Gasteiger partial charge on any atom is 0.270 e. The number of non-ortho nitro benzene ring substituents is 1. The predicted octanol–water partition coefficient (Wildman–Crippen LogP) is 1.60. The second-order valence-corrected chi connectivity index (χ2v) is 4.36. The van der Waals surface area contributed by atoms with Crippen LogP contribution in [0.25, 0.3) is 0 Å². The Bertz CT molecular complexity index is 623. The monoisotopic (exact) mass is 274 g/mol. The summed E-state index contributed by atoms with van der Waals surface area (Å²) >= 11 is 0. The molecule has 0 saturated carbocycles. The molecule has 0 bridgehead atoms. The number of carbonyl (C=O) groups excluding carboxylic acids is 1. The highest BCUT2D eigenvalue weighted by molar-refractivity contribution is 5.95. The molecule has 0 aliphatic heterocycles. The number of aromatic nitrogens is 2. The van der Waals surface area contributed by atoms with Gasteiger partial charge in [-0.25, -0.2) is 4.98 Å². The van der Waals surface area contributed by atoms with Crippen LogP contribution in [0.3, 0.4) is 0 Å². The molecule has 1 amide bonds. The smallest absolute Gasteiger partial charge is 0.270 e. The molecule has 0 spiro atoms. The third-order valence-corrected chi connectivity index (χ3v) is 2.74. The molecule has 2 aromatic rings. The summed E-state index contributed by atoms with van der Waals surface area (Å²) in [5, 5.41) is 13.5. The highest BCUT2D eigenvalue weighted by Gasteiger charge is 2.13. The minimum Gasteiger partial charge on any atom is -0.352 e. The van der Waals surface area contributed by atoms with Gasteiger partial charge in [-0.15, -0.1) is 0 Å². The Morgan fingerprint density at radius 3 is 2.90 bits per heavy atom. The van der Waals surface area contributed by atoms with E-state index in [1.807, 2.05) is 0 Å². The summed E-state index contributed by atoms with van der Waals surface area (Å²) in [6.07, 6.45) is 3.93. The van der Waals surface area contributed by atoms with Gasteiger partial charge in [0.15, 0.2) is 0 Å². The van der Waals surface area contributed by atoms with Crippen molar-refractivity contribution in [2.24, 2.45) is 0 Å². The van der Waals surface area contributed by atoms with Crippen LogP contribution < -0.4 is 5.32 Å². The number of nitrogens with zero attached hydrogens (tertiary/aromatic N) is 2. The Labute approximate surface area is 115 Å². The fourth-order valence-corrected chi connectivity index (χ4v) is 1.83. The minimum atomic E-state index is -0.507. The summed E-state index contributed by atoms with van der Waals surface area (Å²) in [5.74, 6) is 0.448. The van der Waals surface area contributed by atoms with Gasteiger partial charge >= 0.3 is 0 Å². The Morgan fingerprint density at radius 2 is 2.25 bits per heavy atom. The molecule has 0 saturated heterocycles. The van der Waals surface area contributed by atoms with E-state index >= 15 is 0 Å². The van der Waals surface area contributed by atoms with E-state index in [9.17, 15) is 14.9 Å². The van der Waals surface area contributed by atoms with Gasteiger partial charge in [0.05, 0.1) is 4.92 Å². The number of nitro groups is 1. The van der Waals surface area contributed by atoms with Crippen LogP contribution in [0.15, 0.2) is 30.6 Å². The van der Waals surface area contributed by atoms with Crippen LogP contribution in [0, 0.1) is 17.0 Å². The Hall–Kier alpha value is -2.70. The zero-order valence-electron chi connectivity index (χ0n) is 10.9. The van der Waals surface area contributed by atoms with Crippen LogP contribution in [0.1, 0.15) is 21.7 Å². The molecule has 0 fully saturated rings. The number of carbonyl (C=O) groups is 1. The summed E-state index contributed by atoms with van der Waals surface area (Å²) in [4.78, 5) is 29.2. The van der Waals surface area contributed by atoms with Crippen molar-refractivity contribution in [2.45, 2.75) is 13.3 Å². The van der Waals surface area contributed by atoms with Crippen LogP contribution in [0.5, 0.6) is 0 Å². The first-order valence-electron chi connectivity index (χ1n) is 6.09. The van der Waals surface area contributed by atoms with Crippen molar-refractivity contribution in [1.82, 2.24) is 15.3 Å². The number of benzene rings is 1. The van der Waals surface area contributed by atoms with E-state index in [-0.39, 0.29) is 17.2 Å². The maximum atomic E-state index is 11.9. The molecule has 1 aromatic carbocycles. The SMILES string of the molecule is Cc1cc(C(=O)NCCc2ncc[nH]2)cc([N+](=O)[O-])c1. The molecule has 7 heteroatoms. The first-order chi connectivity index (χ1) is 9.56. The molecule has 7 nitrogen and oxygen atoms in total. The second-order valence-electron chi connectivity index (χ2n) is 4.36. The number of amides is 1. The first-order valence-corrected chi connectivity index (χ1v) is 6.09. The molecule has 1 aromatic heterocycles. The molecule has 2 N–H and O–H groups in total.